The highest BCUT2D eigenvalue weighted by molar-refractivity contribution is 5.94. The molecule has 0 spiro atoms. The Balaban J connectivity index is 1.44. The molecule has 1 atom stereocenters. The Labute approximate surface area is 149 Å². The molecule has 0 radical (unpaired) electrons. The summed E-state index contributed by atoms with van der Waals surface area (Å²) < 4.78 is 16.1. The maximum Gasteiger partial charge on any atom is 0.335 e. The van der Waals surface area contributed by atoms with Crippen molar-refractivity contribution in [3.63, 3.8) is 0 Å². The number of ether oxygens (including phenoxy) is 3. The van der Waals surface area contributed by atoms with Gasteiger partial charge in [0.15, 0.2) is 12.9 Å². The van der Waals surface area contributed by atoms with Gasteiger partial charge in [0.2, 0.25) is 6.29 Å². The van der Waals surface area contributed by atoms with E-state index in [4.69, 9.17) is 19.3 Å². The number of carbonyl (C=O) groups excluding carboxylic acids is 1. The van der Waals surface area contributed by atoms with Crippen LogP contribution in [0.2, 0.25) is 0 Å². The quantitative estimate of drug-likeness (QED) is 0.793. The van der Waals surface area contributed by atoms with E-state index in [-0.39, 0.29) is 18.1 Å². The lowest BCUT2D eigenvalue weighted by Crippen LogP contribution is -2.19. The van der Waals surface area contributed by atoms with Crippen molar-refractivity contribution < 1.29 is 28.9 Å². The smallest absolute Gasteiger partial charge is 0.335 e. The van der Waals surface area contributed by atoms with Gasteiger partial charge in [-0.1, -0.05) is 36.4 Å². The molecule has 1 heterocycles. The molecule has 1 amide bonds. The van der Waals surface area contributed by atoms with E-state index in [1.54, 1.807) is 12.1 Å². The van der Waals surface area contributed by atoms with Crippen LogP contribution in [-0.2, 0) is 25.4 Å². The van der Waals surface area contributed by atoms with Crippen molar-refractivity contribution in [2.75, 3.05) is 11.9 Å². The lowest BCUT2D eigenvalue weighted by atomic mass is 10.1. The first-order valence-electron chi connectivity index (χ1n) is 7.92. The molecule has 0 fully saturated rings. The van der Waals surface area contributed by atoms with Crippen LogP contribution < -0.4 is 5.32 Å². The van der Waals surface area contributed by atoms with E-state index in [1.165, 1.54) is 18.4 Å². The molecule has 7 heteroatoms. The molecule has 0 aromatic heterocycles. The summed E-state index contributed by atoms with van der Waals surface area (Å²) in [6.07, 6.45) is 1.38. The van der Waals surface area contributed by atoms with Gasteiger partial charge >= 0.3 is 11.9 Å². The van der Waals surface area contributed by atoms with Crippen LogP contribution in [0.4, 0.5) is 5.69 Å². The second-order valence-corrected chi connectivity index (χ2v) is 5.53. The third-order valence-corrected chi connectivity index (χ3v) is 3.55. The van der Waals surface area contributed by atoms with Crippen molar-refractivity contribution in [1.82, 2.24) is 0 Å². The van der Waals surface area contributed by atoms with E-state index in [9.17, 15) is 9.59 Å². The fraction of sp³-hybridized carbons (Fsp3) is 0.158. The summed E-state index contributed by atoms with van der Waals surface area (Å²) in [5, 5.41) is 11.5. The molecule has 26 heavy (non-hydrogen) atoms. The third-order valence-electron chi connectivity index (χ3n) is 3.55. The molecule has 1 unspecified atom stereocenters. The van der Waals surface area contributed by atoms with E-state index in [0.29, 0.717) is 12.1 Å². The van der Waals surface area contributed by atoms with Crippen LogP contribution in [0.1, 0.15) is 15.9 Å². The van der Waals surface area contributed by atoms with Crippen molar-refractivity contribution >= 4 is 17.6 Å². The van der Waals surface area contributed by atoms with E-state index >= 15 is 0 Å². The lowest BCUT2D eigenvalue weighted by molar-refractivity contribution is -0.123. The normalized spacial score (nSPS) is 15.4. The Morgan fingerprint density at radius 2 is 1.92 bits per heavy atom. The number of anilines is 1. The number of amides is 1. The van der Waals surface area contributed by atoms with Gasteiger partial charge in [-0.15, -0.1) is 0 Å². The maximum absolute atomic E-state index is 11.9. The third kappa shape index (κ3) is 4.76. The minimum atomic E-state index is -1.07. The first-order valence-corrected chi connectivity index (χ1v) is 7.92. The maximum atomic E-state index is 11.9. The van der Waals surface area contributed by atoms with E-state index < -0.39 is 18.2 Å². The van der Waals surface area contributed by atoms with Gasteiger partial charge in [-0.25, -0.2) is 4.79 Å². The molecule has 0 saturated heterocycles. The summed E-state index contributed by atoms with van der Waals surface area (Å²) in [7, 11) is 0. The number of aromatic carboxylic acids is 1. The predicted molar refractivity (Wildman–Crippen MR) is 92.2 cm³/mol. The van der Waals surface area contributed by atoms with Crippen molar-refractivity contribution in [1.29, 1.82) is 0 Å². The molecule has 1 aliphatic rings. The van der Waals surface area contributed by atoms with Crippen LogP contribution in [0.3, 0.4) is 0 Å². The van der Waals surface area contributed by atoms with Crippen molar-refractivity contribution in [2.24, 2.45) is 0 Å². The van der Waals surface area contributed by atoms with Crippen LogP contribution in [0.5, 0.6) is 0 Å². The van der Waals surface area contributed by atoms with Crippen LogP contribution in [0, 0.1) is 0 Å². The van der Waals surface area contributed by atoms with Gasteiger partial charge in [0.25, 0.3) is 5.91 Å². The fourth-order valence-corrected chi connectivity index (χ4v) is 2.34. The molecule has 134 valence electrons. The molecule has 0 saturated carbocycles. The molecule has 2 aromatic carbocycles. The minimum absolute atomic E-state index is 0.0858. The molecule has 2 N–H and O–H groups in total. The van der Waals surface area contributed by atoms with Crippen LogP contribution in [-0.4, -0.2) is 29.9 Å². The average molecular weight is 355 g/mol. The number of carbonyl (C=O) groups is 2. The number of hydrogen-bond acceptors (Lipinski definition) is 5. The second-order valence-electron chi connectivity index (χ2n) is 5.53. The van der Waals surface area contributed by atoms with Gasteiger partial charge in [0, 0.05) is 12.1 Å². The summed E-state index contributed by atoms with van der Waals surface area (Å²) in [4.78, 5) is 22.8. The Morgan fingerprint density at radius 3 is 2.69 bits per heavy atom. The van der Waals surface area contributed by atoms with E-state index in [2.05, 4.69) is 5.32 Å². The Morgan fingerprint density at radius 1 is 1.12 bits per heavy atom. The molecule has 3 rings (SSSR count). The SMILES string of the molecule is O=C(COC1=COC(Cc2ccccc2)O1)Nc1cccc(C(=O)O)c1. The number of carboxylic acids is 1. The van der Waals surface area contributed by atoms with Crippen LogP contribution in [0.15, 0.2) is 66.8 Å². The van der Waals surface area contributed by atoms with Gasteiger partial charge in [-0.2, -0.15) is 0 Å². The van der Waals surface area contributed by atoms with Gasteiger partial charge in [0.05, 0.1) is 5.56 Å². The first-order chi connectivity index (χ1) is 12.6. The van der Waals surface area contributed by atoms with E-state index in [1.807, 2.05) is 30.3 Å². The molecule has 0 bridgehead atoms. The van der Waals surface area contributed by atoms with Gasteiger partial charge in [-0.05, 0) is 23.8 Å². The van der Waals surface area contributed by atoms with Gasteiger partial charge in [0.1, 0.15) is 0 Å². The molecule has 0 aliphatic carbocycles. The van der Waals surface area contributed by atoms with E-state index in [0.717, 1.165) is 5.56 Å². The zero-order valence-electron chi connectivity index (χ0n) is 13.8. The number of rotatable bonds is 7. The standard InChI is InChI=1S/C19H17NO6/c21-16(20-15-8-4-7-14(10-15)19(22)23)11-24-18-12-25-17(26-18)9-13-5-2-1-3-6-13/h1-8,10,12,17H,9,11H2,(H,20,21)(H,22,23). The number of carboxylic acid groups (broad SMARTS) is 1. The lowest BCUT2D eigenvalue weighted by Gasteiger charge is -2.12. The van der Waals surface area contributed by atoms with Crippen molar-refractivity contribution in [2.45, 2.75) is 12.7 Å². The first kappa shape index (κ1) is 17.3. The summed E-state index contributed by atoms with van der Waals surface area (Å²) in [5.41, 5.74) is 1.52. The number of nitrogens with one attached hydrogen (secondary N) is 1. The zero-order valence-corrected chi connectivity index (χ0v) is 13.8. The summed E-state index contributed by atoms with van der Waals surface area (Å²) in [5.74, 6) is -1.38. The summed E-state index contributed by atoms with van der Waals surface area (Å²) >= 11 is 0. The molecule has 1 aliphatic heterocycles. The van der Waals surface area contributed by atoms with Crippen LogP contribution in [0.25, 0.3) is 0 Å². The van der Waals surface area contributed by atoms with Crippen LogP contribution >= 0.6 is 0 Å². The largest absolute Gasteiger partial charge is 0.478 e. The Hall–Kier alpha value is -3.48. The predicted octanol–water partition coefficient (Wildman–Crippen LogP) is 2.75. The number of benzene rings is 2. The summed E-state index contributed by atoms with van der Waals surface area (Å²) in [6, 6.07) is 15.7. The molecule has 2 aromatic rings. The minimum Gasteiger partial charge on any atom is -0.478 e. The van der Waals surface area contributed by atoms with Gasteiger partial charge < -0.3 is 24.6 Å². The fourth-order valence-electron chi connectivity index (χ4n) is 2.34. The van der Waals surface area contributed by atoms with Crippen molar-refractivity contribution in [3.05, 3.63) is 77.9 Å². The highest BCUT2D eigenvalue weighted by Crippen LogP contribution is 2.19. The highest BCUT2D eigenvalue weighted by Gasteiger charge is 2.21. The topological polar surface area (TPSA) is 94.1 Å². The number of hydrogen-bond donors (Lipinski definition) is 2. The molecular weight excluding hydrogens is 338 g/mol. The van der Waals surface area contributed by atoms with Gasteiger partial charge in [-0.3, -0.25) is 4.79 Å². The van der Waals surface area contributed by atoms with Crippen molar-refractivity contribution in [3.8, 4) is 0 Å². The molecular formula is C19H17NO6. The average Bonchev–Trinajstić information content (AvgIpc) is 3.08. The monoisotopic (exact) mass is 355 g/mol. The second kappa shape index (κ2) is 8.06. The Bertz CT molecular complexity index is 818. The highest BCUT2D eigenvalue weighted by atomic mass is 16.8. The zero-order chi connectivity index (χ0) is 18.4. The summed E-state index contributed by atoms with van der Waals surface area (Å²) in [6.45, 7) is -0.287. The molecule has 7 nitrogen and oxygen atoms in total. The Kier molecular flexibility index (Phi) is 5.38.